The Bertz CT molecular complexity index is 316. The van der Waals surface area contributed by atoms with E-state index in [-0.39, 0.29) is 5.91 Å². The average molecular weight is 181 g/mol. The van der Waals surface area contributed by atoms with E-state index in [1.54, 1.807) is 11.3 Å². The van der Waals surface area contributed by atoms with Crippen molar-refractivity contribution in [1.29, 1.82) is 0 Å². The number of hydrogen-bond acceptors (Lipinski definition) is 2. The Hall–Kier alpha value is -0.830. The van der Waals surface area contributed by atoms with Crippen molar-refractivity contribution in [1.82, 2.24) is 5.32 Å². The van der Waals surface area contributed by atoms with E-state index in [2.05, 4.69) is 5.32 Å². The van der Waals surface area contributed by atoms with Gasteiger partial charge in [0.1, 0.15) is 0 Å². The van der Waals surface area contributed by atoms with Crippen LogP contribution in [0.4, 0.5) is 0 Å². The summed E-state index contributed by atoms with van der Waals surface area (Å²) in [6, 6.07) is 1.99. The van der Waals surface area contributed by atoms with Gasteiger partial charge in [-0.25, -0.2) is 0 Å². The third kappa shape index (κ3) is 1.25. The SMILES string of the molecule is Cc1cc2c(s1)CCCNC2=O. The summed E-state index contributed by atoms with van der Waals surface area (Å²) in [5.41, 5.74) is 0.898. The van der Waals surface area contributed by atoms with Gasteiger partial charge in [0.05, 0.1) is 5.56 Å². The van der Waals surface area contributed by atoms with Crippen molar-refractivity contribution in [3.05, 3.63) is 21.4 Å². The summed E-state index contributed by atoms with van der Waals surface area (Å²) in [6.45, 7) is 2.87. The summed E-state index contributed by atoms with van der Waals surface area (Å²) in [4.78, 5) is 13.9. The van der Waals surface area contributed by atoms with Gasteiger partial charge in [-0.1, -0.05) is 0 Å². The Morgan fingerprint density at radius 2 is 2.42 bits per heavy atom. The van der Waals surface area contributed by atoms with E-state index in [0.717, 1.165) is 24.9 Å². The quantitative estimate of drug-likeness (QED) is 0.649. The van der Waals surface area contributed by atoms with E-state index in [0.29, 0.717) is 0 Å². The van der Waals surface area contributed by atoms with Crippen LogP contribution in [0.2, 0.25) is 0 Å². The van der Waals surface area contributed by atoms with E-state index in [1.165, 1.54) is 9.75 Å². The Morgan fingerprint density at radius 1 is 1.58 bits per heavy atom. The summed E-state index contributed by atoms with van der Waals surface area (Å²) in [5, 5.41) is 2.88. The first-order chi connectivity index (χ1) is 5.77. The molecule has 64 valence electrons. The van der Waals surface area contributed by atoms with Crippen LogP contribution in [0.15, 0.2) is 6.07 Å². The highest BCUT2D eigenvalue weighted by Crippen LogP contribution is 2.24. The Morgan fingerprint density at radius 3 is 3.25 bits per heavy atom. The molecule has 0 unspecified atom stereocenters. The third-order valence-corrected chi connectivity index (χ3v) is 3.15. The first-order valence-corrected chi connectivity index (χ1v) is 4.96. The van der Waals surface area contributed by atoms with Crippen molar-refractivity contribution in [3.63, 3.8) is 0 Å². The predicted molar refractivity (Wildman–Crippen MR) is 49.7 cm³/mol. The van der Waals surface area contributed by atoms with Crippen LogP contribution >= 0.6 is 11.3 Å². The first-order valence-electron chi connectivity index (χ1n) is 4.15. The fourth-order valence-electron chi connectivity index (χ4n) is 1.49. The number of aryl methyl sites for hydroxylation is 2. The van der Waals surface area contributed by atoms with Crippen molar-refractivity contribution >= 4 is 17.2 Å². The first kappa shape index (κ1) is 7.80. The van der Waals surface area contributed by atoms with E-state index in [1.807, 2.05) is 13.0 Å². The van der Waals surface area contributed by atoms with Crippen LogP contribution in [0.25, 0.3) is 0 Å². The van der Waals surface area contributed by atoms with Gasteiger partial charge in [0, 0.05) is 16.3 Å². The largest absolute Gasteiger partial charge is 0.352 e. The van der Waals surface area contributed by atoms with Crippen molar-refractivity contribution in [2.45, 2.75) is 19.8 Å². The van der Waals surface area contributed by atoms with Crippen LogP contribution in [0.5, 0.6) is 0 Å². The van der Waals surface area contributed by atoms with Gasteiger partial charge in [0.2, 0.25) is 0 Å². The van der Waals surface area contributed by atoms with E-state index in [4.69, 9.17) is 0 Å². The van der Waals surface area contributed by atoms with Crippen LogP contribution < -0.4 is 5.32 Å². The third-order valence-electron chi connectivity index (χ3n) is 2.04. The lowest BCUT2D eigenvalue weighted by Crippen LogP contribution is -2.22. The van der Waals surface area contributed by atoms with Gasteiger partial charge in [0.25, 0.3) is 5.91 Å². The van der Waals surface area contributed by atoms with Crippen molar-refractivity contribution in [3.8, 4) is 0 Å². The highest BCUT2D eigenvalue weighted by molar-refractivity contribution is 7.12. The molecule has 2 heterocycles. The summed E-state index contributed by atoms with van der Waals surface area (Å²) >= 11 is 1.75. The lowest BCUT2D eigenvalue weighted by atomic mass is 10.2. The second-order valence-electron chi connectivity index (χ2n) is 3.05. The summed E-state index contributed by atoms with van der Waals surface area (Å²) in [7, 11) is 0. The molecule has 0 saturated carbocycles. The van der Waals surface area contributed by atoms with Crippen LogP contribution in [-0.2, 0) is 6.42 Å². The maximum absolute atomic E-state index is 11.4. The topological polar surface area (TPSA) is 29.1 Å². The van der Waals surface area contributed by atoms with E-state index >= 15 is 0 Å². The number of thiophene rings is 1. The maximum Gasteiger partial charge on any atom is 0.252 e. The molecule has 2 nitrogen and oxygen atoms in total. The Balaban J connectivity index is 2.44. The second-order valence-corrected chi connectivity index (χ2v) is 4.39. The van der Waals surface area contributed by atoms with Crippen molar-refractivity contribution in [2.24, 2.45) is 0 Å². The number of carbonyl (C=O) groups excluding carboxylic acids is 1. The maximum atomic E-state index is 11.4. The molecule has 12 heavy (non-hydrogen) atoms. The number of rotatable bonds is 0. The molecule has 0 atom stereocenters. The molecule has 0 aliphatic carbocycles. The smallest absolute Gasteiger partial charge is 0.252 e. The van der Waals surface area contributed by atoms with Gasteiger partial charge < -0.3 is 5.32 Å². The zero-order valence-corrected chi connectivity index (χ0v) is 7.83. The minimum atomic E-state index is 0.104. The average Bonchev–Trinajstić information content (AvgIpc) is 2.33. The van der Waals surface area contributed by atoms with Gasteiger partial charge in [-0.05, 0) is 25.8 Å². The van der Waals surface area contributed by atoms with E-state index < -0.39 is 0 Å². The second kappa shape index (κ2) is 2.90. The molecular weight excluding hydrogens is 170 g/mol. The molecule has 1 aliphatic heterocycles. The molecule has 0 bridgehead atoms. The number of amides is 1. The molecule has 1 N–H and O–H groups in total. The molecule has 3 heteroatoms. The van der Waals surface area contributed by atoms with Gasteiger partial charge >= 0.3 is 0 Å². The van der Waals surface area contributed by atoms with Gasteiger partial charge in [-0.3, -0.25) is 4.79 Å². The molecule has 2 rings (SSSR count). The molecule has 1 aromatic rings. The summed E-state index contributed by atoms with van der Waals surface area (Å²) in [6.07, 6.45) is 2.12. The molecular formula is C9H11NOS. The number of fused-ring (bicyclic) bond motifs is 1. The monoisotopic (exact) mass is 181 g/mol. The number of nitrogens with one attached hydrogen (secondary N) is 1. The highest BCUT2D eigenvalue weighted by Gasteiger charge is 2.16. The van der Waals surface area contributed by atoms with Gasteiger partial charge in [0.15, 0.2) is 0 Å². The molecule has 0 aromatic carbocycles. The fourth-order valence-corrected chi connectivity index (χ4v) is 2.56. The van der Waals surface area contributed by atoms with Crippen molar-refractivity contribution in [2.75, 3.05) is 6.54 Å². The van der Waals surface area contributed by atoms with Gasteiger partial charge in [-0.15, -0.1) is 11.3 Å². The molecule has 0 fully saturated rings. The summed E-state index contributed by atoms with van der Waals surface area (Å²) in [5.74, 6) is 0.104. The van der Waals surface area contributed by atoms with Gasteiger partial charge in [-0.2, -0.15) is 0 Å². The number of carbonyl (C=O) groups is 1. The van der Waals surface area contributed by atoms with Crippen LogP contribution in [0.1, 0.15) is 26.5 Å². The highest BCUT2D eigenvalue weighted by atomic mass is 32.1. The molecule has 0 saturated heterocycles. The lowest BCUT2D eigenvalue weighted by Gasteiger charge is -1.96. The molecule has 1 aromatic heterocycles. The normalized spacial score (nSPS) is 16.6. The minimum Gasteiger partial charge on any atom is -0.352 e. The lowest BCUT2D eigenvalue weighted by molar-refractivity contribution is 0.0956. The van der Waals surface area contributed by atoms with Crippen molar-refractivity contribution < 1.29 is 4.79 Å². The Labute approximate surface area is 75.6 Å². The van der Waals surface area contributed by atoms with Crippen LogP contribution in [0, 0.1) is 6.92 Å². The summed E-state index contributed by atoms with van der Waals surface area (Å²) < 4.78 is 0. The molecule has 1 aliphatic rings. The Kier molecular flexibility index (Phi) is 1.89. The number of hydrogen-bond donors (Lipinski definition) is 1. The predicted octanol–water partition coefficient (Wildman–Crippen LogP) is 1.73. The fraction of sp³-hybridized carbons (Fsp3) is 0.444. The van der Waals surface area contributed by atoms with Crippen LogP contribution in [0.3, 0.4) is 0 Å². The molecule has 0 radical (unpaired) electrons. The standard InChI is InChI=1S/C9H11NOS/c1-6-5-7-8(12-6)3-2-4-10-9(7)11/h5H,2-4H2,1H3,(H,10,11). The van der Waals surface area contributed by atoms with Crippen LogP contribution in [-0.4, -0.2) is 12.5 Å². The zero-order valence-electron chi connectivity index (χ0n) is 7.02. The van der Waals surface area contributed by atoms with E-state index in [9.17, 15) is 4.79 Å². The molecule has 0 spiro atoms. The zero-order chi connectivity index (χ0) is 8.55. The minimum absolute atomic E-state index is 0.104. The molecule has 1 amide bonds.